The molecule has 0 spiro atoms. The first-order valence-electron chi connectivity index (χ1n) is 11.4. The maximum absolute atomic E-state index is 14.1. The Morgan fingerprint density at radius 2 is 1.67 bits per heavy atom. The lowest BCUT2D eigenvalue weighted by molar-refractivity contribution is -0.204. The predicted octanol–water partition coefficient (Wildman–Crippen LogP) is -0.563. The zero-order valence-corrected chi connectivity index (χ0v) is 19.5. The number of rotatable bonds is 4. The number of alkyl halides is 3. The van der Waals surface area contributed by atoms with Crippen LogP contribution in [0.2, 0.25) is 0 Å². The molecule has 3 unspecified atom stereocenters. The summed E-state index contributed by atoms with van der Waals surface area (Å²) in [4.78, 5) is 15.8. The van der Waals surface area contributed by atoms with E-state index in [0.29, 0.717) is 26.2 Å². The number of carbonyl (C=O) groups excluding carboxylic acids is 1. The summed E-state index contributed by atoms with van der Waals surface area (Å²) in [5, 5.41) is 2.72. The first-order chi connectivity index (χ1) is 15.6. The Kier molecular flexibility index (Phi) is 7.53. The molecule has 0 aromatic heterocycles. The number of morpholine rings is 2. The molecular weight excluding hydrogens is 467 g/mol. The van der Waals surface area contributed by atoms with Crippen LogP contribution in [0.25, 0.3) is 0 Å². The van der Waals surface area contributed by atoms with Crippen molar-refractivity contribution in [2.75, 3.05) is 65.7 Å². The Morgan fingerprint density at radius 1 is 0.970 bits per heavy atom. The van der Waals surface area contributed by atoms with E-state index in [4.69, 9.17) is 9.47 Å². The van der Waals surface area contributed by atoms with Crippen LogP contribution >= 0.6 is 0 Å². The maximum Gasteiger partial charge on any atom is 0.405 e. The molecule has 4 aliphatic heterocycles. The van der Waals surface area contributed by atoms with Crippen molar-refractivity contribution >= 4 is 16.1 Å². The first kappa shape index (κ1) is 25.1. The summed E-state index contributed by atoms with van der Waals surface area (Å²) in [7, 11) is -4.03. The Labute approximate surface area is 192 Å². The van der Waals surface area contributed by atoms with Gasteiger partial charge in [-0.3, -0.25) is 14.6 Å². The summed E-state index contributed by atoms with van der Waals surface area (Å²) >= 11 is 0. The number of piperazine rings is 1. The highest BCUT2D eigenvalue weighted by molar-refractivity contribution is 7.86. The molecule has 4 heterocycles. The Balaban J connectivity index is 1.50. The van der Waals surface area contributed by atoms with Crippen molar-refractivity contribution in [3.8, 4) is 0 Å². The highest BCUT2D eigenvalue weighted by Gasteiger charge is 2.52. The Hall–Kier alpha value is -1.03. The van der Waals surface area contributed by atoms with Gasteiger partial charge in [-0.1, -0.05) is 0 Å². The van der Waals surface area contributed by atoms with Crippen molar-refractivity contribution in [2.45, 2.75) is 50.2 Å². The van der Waals surface area contributed by atoms with Crippen molar-refractivity contribution in [1.29, 1.82) is 0 Å². The molecule has 14 heteroatoms. The van der Waals surface area contributed by atoms with E-state index in [1.54, 1.807) is 0 Å². The van der Waals surface area contributed by atoms with Crippen LogP contribution in [0, 0.1) is 0 Å². The van der Waals surface area contributed by atoms with Gasteiger partial charge in [0.1, 0.15) is 6.04 Å². The molecule has 4 rings (SSSR count). The van der Waals surface area contributed by atoms with Gasteiger partial charge in [0, 0.05) is 57.8 Å². The monoisotopic (exact) mass is 499 g/mol. The van der Waals surface area contributed by atoms with Crippen molar-refractivity contribution < 1.29 is 35.9 Å². The van der Waals surface area contributed by atoms with Gasteiger partial charge in [-0.25, -0.2) is 0 Å². The Bertz CT molecular complexity index is 810. The maximum atomic E-state index is 14.1. The molecule has 10 nitrogen and oxygen atoms in total. The molecule has 1 N–H and O–H groups in total. The number of hydrogen-bond acceptors (Lipinski definition) is 7. The molecule has 4 fully saturated rings. The molecule has 0 aliphatic carbocycles. The minimum absolute atomic E-state index is 0.0722. The zero-order chi connectivity index (χ0) is 23.8. The van der Waals surface area contributed by atoms with Gasteiger partial charge in [0.05, 0.1) is 32.6 Å². The van der Waals surface area contributed by atoms with Crippen LogP contribution in [-0.2, 0) is 24.5 Å². The van der Waals surface area contributed by atoms with Crippen LogP contribution in [-0.4, -0.2) is 129 Å². The number of hydrogen-bond donors (Lipinski definition) is 1. The van der Waals surface area contributed by atoms with E-state index in [2.05, 4.69) is 10.2 Å². The highest BCUT2D eigenvalue weighted by Crippen LogP contribution is 2.33. The first-order valence-corrected chi connectivity index (χ1v) is 12.8. The zero-order valence-electron chi connectivity index (χ0n) is 18.7. The SMILES string of the molecule is C[C@@H]1COCCN1C1CC(=O)NC(N2CCN(S(=O)(=O)N3CCOCC3)CC2C(F)(F)F)C1. The number of amides is 1. The molecular formula is C19H32F3N5O5S. The van der Waals surface area contributed by atoms with E-state index >= 15 is 0 Å². The number of ether oxygens (including phenoxy) is 2. The van der Waals surface area contributed by atoms with E-state index < -0.39 is 35.1 Å². The van der Waals surface area contributed by atoms with Crippen LogP contribution < -0.4 is 5.32 Å². The van der Waals surface area contributed by atoms with E-state index in [0.717, 1.165) is 4.31 Å². The fourth-order valence-corrected chi connectivity index (χ4v) is 6.78. The molecule has 0 aromatic carbocycles. The van der Waals surface area contributed by atoms with Gasteiger partial charge in [-0.05, 0) is 13.3 Å². The van der Waals surface area contributed by atoms with Crippen molar-refractivity contribution in [3.63, 3.8) is 0 Å². The lowest BCUT2D eigenvalue weighted by Crippen LogP contribution is -2.69. The lowest BCUT2D eigenvalue weighted by Gasteiger charge is -2.49. The van der Waals surface area contributed by atoms with Crippen LogP contribution in [0.4, 0.5) is 13.2 Å². The molecule has 4 atom stereocenters. The van der Waals surface area contributed by atoms with Gasteiger partial charge in [0.25, 0.3) is 10.2 Å². The van der Waals surface area contributed by atoms with Crippen molar-refractivity contribution in [2.24, 2.45) is 0 Å². The standard InChI is InChI=1S/C19H32F3N5O5S/c1-14-13-32-9-6-26(14)15-10-17(23-18(28)11-15)27-3-2-25(12-16(27)19(20,21)22)33(29,30)24-4-7-31-8-5-24/h14-17H,2-13H2,1H3,(H,23,28)/t14-,15?,16?,17?/m1/s1. The molecule has 4 saturated heterocycles. The summed E-state index contributed by atoms with van der Waals surface area (Å²) in [5.41, 5.74) is 0. The highest BCUT2D eigenvalue weighted by atomic mass is 32.2. The van der Waals surface area contributed by atoms with Gasteiger partial charge in [-0.15, -0.1) is 0 Å². The molecule has 0 radical (unpaired) electrons. The van der Waals surface area contributed by atoms with Gasteiger partial charge < -0.3 is 14.8 Å². The second kappa shape index (κ2) is 9.91. The minimum Gasteiger partial charge on any atom is -0.379 e. The summed E-state index contributed by atoms with van der Waals surface area (Å²) in [6.07, 6.45) is -4.89. The van der Waals surface area contributed by atoms with Crippen LogP contribution in [0.1, 0.15) is 19.8 Å². The third-order valence-electron chi connectivity index (χ3n) is 6.92. The smallest absolute Gasteiger partial charge is 0.379 e. The lowest BCUT2D eigenvalue weighted by atomic mass is 9.97. The van der Waals surface area contributed by atoms with Crippen molar-refractivity contribution in [1.82, 2.24) is 23.7 Å². The van der Waals surface area contributed by atoms with Crippen LogP contribution in [0.3, 0.4) is 0 Å². The fraction of sp³-hybridized carbons (Fsp3) is 0.947. The van der Waals surface area contributed by atoms with E-state index in [1.165, 1.54) is 9.21 Å². The second-order valence-electron chi connectivity index (χ2n) is 9.01. The van der Waals surface area contributed by atoms with Crippen LogP contribution in [0.5, 0.6) is 0 Å². The largest absolute Gasteiger partial charge is 0.405 e. The van der Waals surface area contributed by atoms with E-state index in [-0.39, 0.29) is 63.8 Å². The summed E-state index contributed by atoms with van der Waals surface area (Å²) < 4.78 is 81.0. The summed E-state index contributed by atoms with van der Waals surface area (Å²) in [6, 6.07) is -2.12. The number of halogens is 3. The molecule has 4 aliphatic rings. The van der Waals surface area contributed by atoms with E-state index in [1.807, 2.05) is 6.92 Å². The topological polar surface area (TPSA) is 94.7 Å². The second-order valence-corrected chi connectivity index (χ2v) is 10.9. The molecule has 33 heavy (non-hydrogen) atoms. The van der Waals surface area contributed by atoms with Crippen molar-refractivity contribution in [3.05, 3.63) is 0 Å². The van der Waals surface area contributed by atoms with Gasteiger partial charge in [0.2, 0.25) is 5.91 Å². The van der Waals surface area contributed by atoms with Gasteiger partial charge in [0.15, 0.2) is 0 Å². The van der Waals surface area contributed by atoms with Gasteiger partial charge in [-0.2, -0.15) is 30.2 Å². The predicted molar refractivity (Wildman–Crippen MR) is 111 cm³/mol. The average Bonchev–Trinajstić information content (AvgIpc) is 2.78. The summed E-state index contributed by atoms with van der Waals surface area (Å²) in [6.45, 7) is 3.44. The third kappa shape index (κ3) is 5.46. The number of carbonyl (C=O) groups is 1. The van der Waals surface area contributed by atoms with E-state index in [9.17, 15) is 26.4 Å². The average molecular weight is 500 g/mol. The van der Waals surface area contributed by atoms with Gasteiger partial charge >= 0.3 is 6.18 Å². The minimum atomic E-state index is -4.65. The van der Waals surface area contributed by atoms with Crippen LogP contribution in [0.15, 0.2) is 0 Å². The summed E-state index contributed by atoms with van der Waals surface area (Å²) in [5.74, 6) is -0.292. The molecule has 1 amide bonds. The molecule has 0 bridgehead atoms. The number of nitrogens with zero attached hydrogens (tertiary/aromatic N) is 4. The fourth-order valence-electron chi connectivity index (χ4n) is 5.20. The Morgan fingerprint density at radius 3 is 2.33 bits per heavy atom. The number of piperidine rings is 1. The normalized spacial score (nSPS) is 34.8. The molecule has 0 saturated carbocycles. The quantitative estimate of drug-likeness (QED) is 0.554. The number of nitrogens with one attached hydrogen (secondary N) is 1. The third-order valence-corrected chi connectivity index (χ3v) is 8.92. The molecule has 0 aromatic rings. The molecule has 190 valence electrons.